The highest BCUT2D eigenvalue weighted by atomic mass is 32.1. The van der Waals surface area contributed by atoms with Crippen molar-refractivity contribution in [2.75, 3.05) is 13.1 Å². The van der Waals surface area contributed by atoms with Crippen LogP contribution in [0, 0.1) is 6.92 Å². The monoisotopic (exact) mass is 291 g/mol. The molecule has 0 saturated carbocycles. The van der Waals surface area contributed by atoms with E-state index in [9.17, 15) is 0 Å². The van der Waals surface area contributed by atoms with E-state index in [-0.39, 0.29) is 5.41 Å². The lowest BCUT2D eigenvalue weighted by Crippen LogP contribution is -2.40. The maximum Gasteiger partial charge on any atom is 0.233 e. The van der Waals surface area contributed by atoms with Crippen molar-refractivity contribution in [2.24, 2.45) is 0 Å². The maximum atomic E-state index is 5.65. The first-order chi connectivity index (χ1) is 9.75. The van der Waals surface area contributed by atoms with E-state index < -0.39 is 0 Å². The van der Waals surface area contributed by atoms with Gasteiger partial charge in [-0.1, -0.05) is 18.5 Å². The van der Waals surface area contributed by atoms with Crippen LogP contribution in [0.4, 0.5) is 0 Å². The predicted molar refractivity (Wildman–Crippen MR) is 81.0 cm³/mol. The number of aryl methyl sites for hydroxylation is 1. The van der Waals surface area contributed by atoms with Crippen LogP contribution in [0.15, 0.2) is 15.3 Å². The Balaban J connectivity index is 1.93. The van der Waals surface area contributed by atoms with Gasteiger partial charge in [0.1, 0.15) is 0 Å². The molecule has 2 aromatic heterocycles. The number of nitrogens with zero attached hydrogens (tertiary/aromatic N) is 2. The van der Waals surface area contributed by atoms with E-state index in [4.69, 9.17) is 9.51 Å². The summed E-state index contributed by atoms with van der Waals surface area (Å²) >= 11 is 1.68. The zero-order chi connectivity index (χ0) is 14.0. The highest BCUT2D eigenvalue weighted by Crippen LogP contribution is 2.38. The van der Waals surface area contributed by atoms with E-state index in [0.717, 1.165) is 56.1 Å². The summed E-state index contributed by atoms with van der Waals surface area (Å²) in [7, 11) is 0. The molecule has 0 aromatic carbocycles. The highest BCUT2D eigenvalue weighted by Gasteiger charge is 2.38. The second-order valence-corrected chi connectivity index (χ2v) is 6.42. The topological polar surface area (TPSA) is 51.0 Å². The molecule has 3 rings (SSSR count). The van der Waals surface area contributed by atoms with Gasteiger partial charge in [-0.2, -0.15) is 16.3 Å². The van der Waals surface area contributed by atoms with E-state index in [0.29, 0.717) is 0 Å². The summed E-state index contributed by atoms with van der Waals surface area (Å²) in [6.07, 6.45) is 4.45. The number of hydrogen-bond donors (Lipinski definition) is 1. The Morgan fingerprint density at radius 2 is 2.15 bits per heavy atom. The molecule has 3 heterocycles. The van der Waals surface area contributed by atoms with Crippen molar-refractivity contribution in [3.63, 3.8) is 0 Å². The zero-order valence-corrected chi connectivity index (χ0v) is 12.9. The van der Waals surface area contributed by atoms with E-state index in [1.54, 1.807) is 11.3 Å². The zero-order valence-electron chi connectivity index (χ0n) is 12.1. The minimum absolute atomic E-state index is 0.0785. The van der Waals surface area contributed by atoms with Crippen LogP contribution >= 0.6 is 11.3 Å². The van der Waals surface area contributed by atoms with Crippen molar-refractivity contribution in [1.82, 2.24) is 15.5 Å². The number of nitrogens with one attached hydrogen (secondary N) is 1. The average Bonchev–Trinajstić information content (AvgIpc) is 3.08. The summed E-state index contributed by atoms with van der Waals surface area (Å²) in [6.45, 7) is 6.39. The summed E-state index contributed by atoms with van der Waals surface area (Å²) in [5.41, 5.74) is 2.40. The maximum absolute atomic E-state index is 5.65. The Kier molecular flexibility index (Phi) is 3.89. The van der Waals surface area contributed by atoms with Gasteiger partial charge in [-0.15, -0.1) is 0 Å². The van der Waals surface area contributed by atoms with E-state index in [1.165, 1.54) is 5.56 Å². The third-order valence-corrected chi connectivity index (χ3v) is 5.13. The largest absolute Gasteiger partial charge is 0.338 e. The first kappa shape index (κ1) is 13.8. The van der Waals surface area contributed by atoms with Gasteiger partial charge in [0.15, 0.2) is 0 Å². The Bertz CT molecular complexity index is 564. The number of aromatic nitrogens is 2. The molecule has 0 unspecified atom stereocenters. The van der Waals surface area contributed by atoms with Crippen LogP contribution in [-0.4, -0.2) is 23.2 Å². The SMILES string of the molecule is CCCC1(c2nc(-c3cscc3C)no2)CCNCC1. The first-order valence-electron chi connectivity index (χ1n) is 7.33. The smallest absolute Gasteiger partial charge is 0.233 e. The third kappa shape index (κ3) is 2.40. The average molecular weight is 291 g/mol. The van der Waals surface area contributed by atoms with Gasteiger partial charge in [-0.3, -0.25) is 0 Å². The van der Waals surface area contributed by atoms with Gasteiger partial charge in [0, 0.05) is 10.9 Å². The molecule has 2 aromatic rings. The lowest BCUT2D eigenvalue weighted by molar-refractivity contribution is 0.208. The molecular weight excluding hydrogens is 270 g/mol. The molecule has 0 spiro atoms. The van der Waals surface area contributed by atoms with Crippen molar-refractivity contribution in [2.45, 2.75) is 44.9 Å². The third-order valence-electron chi connectivity index (χ3n) is 4.27. The van der Waals surface area contributed by atoms with Crippen LogP contribution in [0.1, 0.15) is 44.1 Å². The lowest BCUT2D eigenvalue weighted by Gasteiger charge is -2.34. The normalized spacial score (nSPS) is 18.3. The molecule has 20 heavy (non-hydrogen) atoms. The van der Waals surface area contributed by atoms with Crippen LogP contribution in [0.3, 0.4) is 0 Å². The fourth-order valence-electron chi connectivity index (χ4n) is 3.09. The summed E-state index contributed by atoms with van der Waals surface area (Å²) in [6, 6.07) is 0. The molecule has 0 radical (unpaired) electrons. The summed E-state index contributed by atoms with van der Waals surface area (Å²) in [5, 5.41) is 11.9. The van der Waals surface area contributed by atoms with Crippen LogP contribution in [0.25, 0.3) is 11.4 Å². The van der Waals surface area contributed by atoms with Crippen molar-refractivity contribution in [1.29, 1.82) is 0 Å². The highest BCUT2D eigenvalue weighted by molar-refractivity contribution is 7.08. The Morgan fingerprint density at radius 1 is 1.35 bits per heavy atom. The quantitative estimate of drug-likeness (QED) is 0.936. The van der Waals surface area contributed by atoms with Crippen LogP contribution in [-0.2, 0) is 5.41 Å². The summed E-state index contributed by atoms with van der Waals surface area (Å²) in [5.74, 6) is 1.58. The van der Waals surface area contributed by atoms with E-state index in [1.807, 2.05) is 0 Å². The molecule has 1 N–H and O–H groups in total. The fraction of sp³-hybridized carbons (Fsp3) is 0.600. The second-order valence-electron chi connectivity index (χ2n) is 5.67. The summed E-state index contributed by atoms with van der Waals surface area (Å²) in [4.78, 5) is 4.73. The van der Waals surface area contributed by atoms with E-state index >= 15 is 0 Å². The molecule has 0 aliphatic carbocycles. The number of rotatable bonds is 4. The van der Waals surface area contributed by atoms with Crippen LogP contribution in [0.2, 0.25) is 0 Å². The van der Waals surface area contributed by atoms with Gasteiger partial charge in [0.05, 0.1) is 5.41 Å². The lowest BCUT2D eigenvalue weighted by atomic mass is 9.75. The standard InChI is InChI=1S/C15H21N3OS/c1-3-4-15(5-7-16-8-6-15)14-17-13(18-19-14)12-10-20-9-11(12)2/h9-10,16H,3-8H2,1-2H3. The van der Waals surface area contributed by atoms with Gasteiger partial charge >= 0.3 is 0 Å². The molecule has 108 valence electrons. The first-order valence-corrected chi connectivity index (χ1v) is 8.27. The molecular formula is C15H21N3OS. The fourth-order valence-corrected chi connectivity index (χ4v) is 3.92. The minimum Gasteiger partial charge on any atom is -0.338 e. The minimum atomic E-state index is 0.0785. The van der Waals surface area contributed by atoms with Gasteiger partial charge in [0.25, 0.3) is 0 Å². The van der Waals surface area contributed by atoms with Gasteiger partial charge < -0.3 is 9.84 Å². The Hall–Kier alpha value is -1.20. The second kappa shape index (κ2) is 5.66. The molecule has 0 atom stereocenters. The van der Waals surface area contributed by atoms with Crippen molar-refractivity contribution >= 4 is 11.3 Å². The molecule has 5 heteroatoms. The van der Waals surface area contributed by atoms with Crippen molar-refractivity contribution in [3.8, 4) is 11.4 Å². The number of hydrogen-bond acceptors (Lipinski definition) is 5. The van der Waals surface area contributed by atoms with Crippen LogP contribution < -0.4 is 5.32 Å². The van der Waals surface area contributed by atoms with Crippen molar-refractivity contribution in [3.05, 3.63) is 22.2 Å². The molecule has 0 bridgehead atoms. The van der Waals surface area contributed by atoms with Crippen molar-refractivity contribution < 1.29 is 4.52 Å². The Labute approximate surface area is 123 Å². The van der Waals surface area contributed by atoms with Gasteiger partial charge in [-0.05, 0) is 50.2 Å². The molecule has 0 amide bonds. The number of piperidine rings is 1. The van der Waals surface area contributed by atoms with Gasteiger partial charge in [-0.25, -0.2) is 0 Å². The molecule has 4 nitrogen and oxygen atoms in total. The van der Waals surface area contributed by atoms with Crippen LogP contribution in [0.5, 0.6) is 0 Å². The Morgan fingerprint density at radius 3 is 2.80 bits per heavy atom. The molecule has 1 aliphatic rings. The molecule has 1 fully saturated rings. The number of thiophene rings is 1. The predicted octanol–water partition coefficient (Wildman–Crippen LogP) is 3.53. The van der Waals surface area contributed by atoms with Gasteiger partial charge in [0.2, 0.25) is 11.7 Å². The molecule has 1 saturated heterocycles. The molecule has 1 aliphatic heterocycles. The summed E-state index contributed by atoms with van der Waals surface area (Å²) < 4.78 is 5.65. The van der Waals surface area contributed by atoms with E-state index in [2.05, 4.69) is 35.1 Å².